The van der Waals surface area contributed by atoms with Crippen LogP contribution in [-0.2, 0) is 4.79 Å². The maximum atomic E-state index is 11.3. The van der Waals surface area contributed by atoms with Crippen molar-refractivity contribution in [1.29, 1.82) is 0 Å². The Labute approximate surface area is 207 Å². The van der Waals surface area contributed by atoms with E-state index in [0.29, 0.717) is 12.0 Å². The summed E-state index contributed by atoms with van der Waals surface area (Å²) >= 11 is 1.62. The molecule has 9 heteroatoms. The third-order valence-corrected chi connectivity index (χ3v) is 7.98. The van der Waals surface area contributed by atoms with E-state index < -0.39 is 0 Å². The van der Waals surface area contributed by atoms with Gasteiger partial charge in [0.1, 0.15) is 5.01 Å². The average Bonchev–Trinajstić information content (AvgIpc) is 3.45. The van der Waals surface area contributed by atoms with Gasteiger partial charge < -0.3 is 10.6 Å². The Morgan fingerprint density at radius 1 is 1.17 bits per heavy atom. The first-order chi connectivity index (χ1) is 17.1. The summed E-state index contributed by atoms with van der Waals surface area (Å²) in [6, 6.07) is 8.75. The molecular formula is C26H25N7OS. The van der Waals surface area contributed by atoms with Gasteiger partial charge in [-0.2, -0.15) is 5.10 Å². The molecule has 0 aromatic carbocycles. The van der Waals surface area contributed by atoms with Crippen molar-refractivity contribution in [3.05, 3.63) is 47.2 Å². The molecule has 2 aliphatic carbocycles. The van der Waals surface area contributed by atoms with Crippen molar-refractivity contribution in [2.75, 3.05) is 5.32 Å². The predicted molar refractivity (Wildman–Crippen MR) is 136 cm³/mol. The van der Waals surface area contributed by atoms with Crippen LogP contribution in [-0.4, -0.2) is 42.8 Å². The van der Waals surface area contributed by atoms with E-state index in [9.17, 15) is 4.79 Å². The molecule has 0 bridgehead atoms. The molecule has 2 aliphatic rings. The average molecular weight is 484 g/mol. The standard InChI is InChI=1S/C26H25N7OS/c1-3-16-9-20-7-8-24(33(20)28-13-16)23-12-22(30-18-5-4-6-18)21(14-27-23)26-32-31-25(35-26)17-10-19(11-17)29-15(2)34/h1,7-9,12-14,17-19H,4-6,10-11H2,2H3,(H,27,30)(H,29,34). The van der Waals surface area contributed by atoms with E-state index in [1.54, 1.807) is 24.5 Å². The Morgan fingerprint density at radius 2 is 2.03 bits per heavy atom. The highest BCUT2D eigenvalue weighted by molar-refractivity contribution is 7.14. The Hall–Kier alpha value is -3.77. The Bertz CT molecular complexity index is 1460. The number of hydrogen-bond donors (Lipinski definition) is 2. The van der Waals surface area contributed by atoms with E-state index in [1.165, 1.54) is 6.42 Å². The maximum Gasteiger partial charge on any atom is 0.217 e. The van der Waals surface area contributed by atoms with Gasteiger partial charge in [0.2, 0.25) is 5.91 Å². The van der Waals surface area contributed by atoms with E-state index in [0.717, 1.165) is 69.4 Å². The predicted octanol–water partition coefficient (Wildman–Crippen LogP) is 4.24. The van der Waals surface area contributed by atoms with Crippen molar-refractivity contribution >= 4 is 28.4 Å². The minimum atomic E-state index is 0.0201. The number of anilines is 1. The van der Waals surface area contributed by atoms with Gasteiger partial charge in [0.05, 0.1) is 28.7 Å². The first-order valence-electron chi connectivity index (χ1n) is 11.9. The van der Waals surface area contributed by atoms with Gasteiger partial charge in [-0.15, -0.1) is 16.6 Å². The molecule has 0 spiro atoms. The summed E-state index contributed by atoms with van der Waals surface area (Å²) < 4.78 is 1.86. The van der Waals surface area contributed by atoms with E-state index in [4.69, 9.17) is 11.4 Å². The maximum absolute atomic E-state index is 11.3. The van der Waals surface area contributed by atoms with E-state index in [2.05, 4.69) is 37.9 Å². The number of rotatable bonds is 6. The second-order valence-corrected chi connectivity index (χ2v) is 10.4. The molecule has 1 amide bonds. The van der Waals surface area contributed by atoms with Gasteiger partial charge in [-0.3, -0.25) is 9.78 Å². The molecule has 2 N–H and O–H groups in total. The highest BCUT2D eigenvalue weighted by Gasteiger charge is 2.33. The monoisotopic (exact) mass is 483 g/mol. The van der Waals surface area contributed by atoms with Crippen LogP contribution in [0.25, 0.3) is 27.5 Å². The lowest BCUT2D eigenvalue weighted by Gasteiger charge is -2.33. The van der Waals surface area contributed by atoms with E-state index in [1.807, 2.05) is 28.9 Å². The van der Waals surface area contributed by atoms with Crippen LogP contribution in [0.15, 0.2) is 36.7 Å². The van der Waals surface area contributed by atoms with E-state index in [-0.39, 0.29) is 11.9 Å². The van der Waals surface area contributed by atoms with Crippen LogP contribution in [0.5, 0.6) is 0 Å². The van der Waals surface area contributed by atoms with Crippen LogP contribution in [0, 0.1) is 12.3 Å². The second-order valence-electron chi connectivity index (χ2n) is 9.34. The molecule has 176 valence electrons. The van der Waals surface area contributed by atoms with Crippen molar-refractivity contribution in [1.82, 2.24) is 30.1 Å². The number of aromatic nitrogens is 5. The second kappa shape index (κ2) is 8.78. The zero-order valence-electron chi connectivity index (χ0n) is 19.4. The number of fused-ring (bicyclic) bond motifs is 1. The fourth-order valence-corrected chi connectivity index (χ4v) is 5.66. The minimum Gasteiger partial charge on any atom is -0.382 e. The number of carbonyl (C=O) groups excluding carboxylic acids is 1. The summed E-state index contributed by atoms with van der Waals surface area (Å²) in [6.07, 6.45) is 14.5. The molecule has 35 heavy (non-hydrogen) atoms. The summed E-state index contributed by atoms with van der Waals surface area (Å²) in [5, 5.41) is 22.1. The smallest absolute Gasteiger partial charge is 0.217 e. The number of nitrogens with zero attached hydrogens (tertiary/aromatic N) is 5. The summed E-state index contributed by atoms with van der Waals surface area (Å²) in [5.74, 6) is 3.00. The molecule has 2 fully saturated rings. The molecule has 2 saturated carbocycles. The fraction of sp³-hybridized carbons (Fsp3) is 0.346. The highest BCUT2D eigenvalue weighted by atomic mass is 32.1. The first-order valence-corrected chi connectivity index (χ1v) is 12.7. The van der Waals surface area contributed by atoms with Gasteiger partial charge in [0, 0.05) is 42.4 Å². The zero-order chi connectivity index (χ0) is 23.9. The van der Waals surface area contributed by atoms with Gasteiger partial charge in [-0.25, -0.2) is 4.52 Å². The van der Waals surface area contributed by atoms with Crippen molar-refractivity contribution in [2.45, 2.75) is 57.0 Å². The third kappa shape index (κ3) is 4.15. The van der Waals surface area contributed by atoms with Gasteiger partial charge >= 0.3 is 0 Å². The summed E-state index contributed by atoms with van der Waals surface area (Å²) in [4.78, 5) is 16.1. The van der Waals surface area contributed by atoms with Crippen molar-refractivity contribution < 1.29 is 4.79 Å². The van der Waals surface area contributed by atoms with Crippen LogP contribution in [0.4, 0.5) is 5.69 Å². The number of nitrogens with one attached hydrogen (secondary N) is 2. The Balaban J connectivity index is 1.31. The lowest BCUT2D eigenvalue weighted by Crippen LogP contribution is -2.42. The van der Waals surface area contributed by atoms with Crippen LogP contribution in [0.2, 0.25) is 0 Å². The van der Waals surface area contributed by atoms with Crippen molar-refractivity contribution in [3.8, 4) is 34.3 Å². The van der Waals surface area contributed by atoms with Gasteiger partial charge in [-0.1, -0.05) is 17.3 Å². The Morgan fingerprint density at radius 3 is 2.77 bits per heavy atom. The molecule has 4 aromatic heterocycles. The number of amides is 1. The van der Waals surface area contributed by atoms with E-state index >= 15 is 0 Å². The first kappa shape index (κ1) is 21.7. The Kier molecular flexibility index (Phi) is 5.46. The molecule has 4 aromatic rings. The number of carbonyl (C=O) groups is 1. The van der Waals surface area contributed by atoms with Gasteiger partial charge in [0.25, 0.3) is 0 Å². The molecule has 6 rings (SSSR count). The number of terminal acetylenes is 1. The third-order valence-electron chi connectivity index (χ3n) is 6.86. The van der Waals surface area contributed by atoms with Gasteiger partial charge in [-0.05, 0) is 56.4 Å². The molecule has 0 saturated heterocycles. The van der Waals surface area contributed by atoms with Crippen LogP contribution < -0.4 is 10.6 Å². The normalized spacial score (nSPS) is 19.5. The molecule has 0 radical (unpaired) electrons. The topological polar surface area (TPSA) is 97.1 Å². The molecule has 0 unspecified atom stereocenters. The number of pyridine rings is 1. The SMILES string of the molecule is C#Cc1cnn2c(-c3cc(NC4CCC4)c(-c4nnc(C5CC(NC(C)=O)C5)s4)cn3)ccc2c1. The fourth-order valence-electron chi connectivity index (χ4n) is 4.66. The lowest BCUT2D eigenvalue weighted by atomic mass is 9.81. The van der Waals surface area contributed by atoms with Crippen LogP contribution in [0.1, 0.15) is 55.5 Å². The summed E-state index contributed by atoms with van der Waals surface area (Å²) in [7, 11) is 0. The molecule has 4 heterocycles. The molecule has 8 nitrogen and oxygen atoms in total. The molecule has 0 atom stereocenters. The lowest BCUT2D eigenvalue weighted by molar-refractivity contribution is -0.120. The highest BCUT2D eigenvalue weighted by Crippen LogP contribution is 2.41. The minimum absolute atomic E-state index is 0.0201. The van der Waals surface area contributed by atoms with Crippen molar-refractivity contribution in [2.24, 2.45) is 0 Å². The zero-order valence-corrected chi connectivity index (χ0v) is 20.2. The summed E-state index contributed by atoms with van der Waals surface area (Å²) in [6.45, 7) is 1.56. The quantitative estimate of drug-likeness (QED) is 0.398. The number of hydrogen-bond acceptors (Lipinski definition) is 7. The van der Waals surface area contributed by atoms with Crippen molar-refractivity contribution in [3.63, 3.8) is 0 Å². The molecular weight excluding hydrogens is 458 g/mol. The summed E-state index contributed by atoms with van der Waals surface area (Å²) in [5.41, 5.74) is 5.40. The van der Waals surface area contributed by atoms with Crippen LogP contribution in [0.3, 0.4) is 0 Å². The van der Waals surface area contributed by atoms with Crippen LogP contribution >= 0.6 is 11.3 Å². The van der Waals surface area contributed by atoms with Gasteiger partial charge in [0.15, 0.2) is 5.01 Å². The molecule has 0 aliphatic heterocycles. The largest absolute Gasteiger partial charge is 0.382 e.